The van der Waals surface area contributed by atoms with Crippen LogP contribution in [0.25, 0.3) is 0 Å². The summed E-state index contributed by atoms with van der Waals surface area (Å²) < 4.78 is 0. The molecule has 0 bridgehead atoms. The van der Waals surface area contributed by atoms with Gasteiger partial charge in [-0.1, -0.05) is 37.8 Å². The van der Waals surface area contributed by atoms with E-state index in [0.717, 1.165) is 50.9 Å². The molecule has 0 saturated carbocycles. The van der Waals surface area contributed by atoms with Gasteiger partial charge in [0.2, 0.25) is 5.91 Å². The Morgan fingerprint density at radius 3 is 2.26 bits per heavy atom. The van der Waals surface area contributed by atoms with Crippen LogP contribution in [-0.4, -0.2) is 54.1 Å². The molecule has 0 saturated heterocycles. The number of nitrogens with zero attached hydrogens (tertiary/aromatic N) is 1. The van der Waals surface area contributed by atoms with E-state index in [2.05, 4.69) is 20.9 Å². The van der Waals surface area contributed by atoms with E-state index >= 15 is 0 Å². The molecule has 0 spiro atoms. The summed E-state index contributed by atoms with van der Waals surface area (Å²) in [4.78, 5) is 29.4. The third kappa shape index (κ3) is 11.2. The number of nitrogens with one attached hydrogen (secondary N) is 3. The van der Waals surface area contributed by atoms with Gasteiger partial charge in [0.1, 0.15) is 11.8 Å². The van der Waals surface area contributed by atoms with Gasteiger partial charge in [-0.2, -0.15) is 0 Å². The van der Waals surface area contributed by atoms with E-state index in [4.69, 9.17) is 5.73 Å². The van der Waals surface area contributed by atoms with Crippen LogP contribution in [-0.2, 0) is 11.2 Å². The van der Waals surface area contributed by atoms with Gasteiger partial charge < -0.3 is 26.8 Å². The van der Waals surface area contributed by atoms with Gasteiger partial charge in [0, 0.05) is 25.4 Å². The number of rotatable bonds is 17. The first-order chi connectivity index (χ1) is 16.6. The highest BCUT2D eigenvalue weighted by atomic mass is 16.3. The van der Waals surface area contributed by atoms with Crippen LogP contribution < -0.4 is 21.7 Å². The zero-order chi connectivity index (χ0) is 24.4. The Morgan fingerprint density at radius 2 is 1.59 bits per heavy atom. The number of aromatic nitrogens is 1. The van der Waals surface area contributed by atoms with Crippen LogP contribution in [0, 0.1) is 0 Å². The second kappa shape index (κ2) is 16.6. The molecule has 0 aliphatic carbocycles. The SMILES string of the molecule is NCCCNCCCCCCCCNC(=O)C(Cc1ccc(O)cc1)NC(=O)c1cccnc1. The maximum absolute atomic E-state index is 12.9. The van der Waals surface area contributed by atoms with E-state index < -0.39 is 6.04 Å². The Hall–Kier alpha value is -2.97. The van der Waals surface area contributed by atoms with Gasteiger partial charge in [0.15, 0.2) is 0 Å². The third-order valence-corrected chi connectivity index (χ3v) is 5.56. The van der Waals surface area contributed by atoms with Crippen molar-refractivity contribution in [2.45, 2.75) is 57.4 Å². The fourth-order valence-electron chi connectivity index (χ4n) is 3.58. The lowest BCUT2D eigenvalue weighted by Gasteiger charge is -2.19. The average Bonchev–Trinajstić information content (AvgIpc) is 2.86. The van der Waals surface area contributed by atoms with Crippen LogP contribution in [0.3, 0.4) is 0 Å². The monoisotopic (exact) mass is 469 g/mol. The highest BCUT2D eigenvalue weighted by Crippen LogP contribution is 2.12. The molecule has 186 valence electrons. The molecule has 0 fully saturated rings. The Labute approximate surface area is 202 Å². The lowest BCUT2D eigenvalue weighted by atomic mass is 10.0. The topological polar surface area (TPSA) is 129 Å². The number of unbranched alkanes of at least 4 members (excludes halogenated alkanes) is 5. The number of carbonyl (C=O) groups is 2. The Morgan fingerprint density at radius 1 is 0.912 bits per heavy atom. The molecule has 2 amide bonds. The van der Waals surface area contributed by atoms with Crippen LogP contribution in [0.1, 0.15) is 60.9 Å². The summed E-state index contributed by atoms with van der Waals surface area (Å²) in [5, 5.41) is 18.7. The molecule has 8 nitrogen and oxygen atoms in total. The first-order valence-electron chi connectivity index (χ1n) is 12.3. The zero-order valence-electron chi connectivity index (χ0n) is 20.0. The Kier molecular flexibility index (Phi) is 13.3. The standard InChI is InChI=1S/C26H39N5O3/c27-14-8-17-28-15-5-3-1-2-4-6-18-30-26(34)24(19-21-10-12-23(32)13-11-21)31-25(33)22-9-7-16-29-20-22/h7,9-13,16,20,24,28,32H,1-6,8,14-15,17-19,27H2,(H,30,34)(H,31,33). The van der Waals surface area contributed by atoms with Crippen molar-refractivity contribution in [2.24, 2.45) is 5.73 Å². The van der Waals surface area contributed by atoms with Crippen molar-refractivity contribution in [3.8, 4) is 5.75 Å². The fourth-order valence-corrected chi connectivity index (χ4v) is 3.58. The predicted molar refractivity (Wildman–Crippen MR) is 135 cm³/mol. The number of hydrogen-bond donors (Lipinski definition) is 5. The molecule has 0 radical (unpaired) electrons. The number of carbonyl (C=O) groups excluding carboxylic acids is 2. The number of phenolic OH excluding ortho intramolecular Hbond substituents is 1. The molecule has 2 aromatic rings. The van der Waals surface area contributed by atoms with Gasteiger partial charge in [-0.05, 0) is 68.7 Å². The van der Waals surface area contributed by atoms with Crippen molar-refractivity contribution < 1.29 is 14.7 Å². The van der Waals surface area contributed by atoms with Crippen molar-refractivity contribution >= 4 is 11.8 Å². The van der Waals surface area contributed by atoms with Crippen molar-refractivity contribution in [3.05, 3.63) is 59.9 Å². The number of amides is 2. The second-order valence-electron chi connectivity index (χ2n) is 8.44. The average molecular weight is 470 g/mol. The maximum atomic E-state index is 12.9. The summed E-state index contributed by atoms with van der Waals surface area (Å²) in [7, 11) is 0. The summed E-state index contributed by atoms with van der Waals surface area (Å²) in [6.07, 6.45) is 11.1. The molecule has 2 rings (SSSR count). The minimum Gasteiger partial charge on any atom is -0.508 e. The third-order valence-electron chi connectivity index (χ3n) is 5.56. The van der Waals surface area contributed by atoms with Gasteiger partial charge in [-0.15, -0.1) is 0 Å². The van der Waals surface area contributed by atoms with Crippen LogP contribution in [0.2, 0.25) is 0 Å². The molecule has 1 aromatic heterocycles. The highest BCUT2D eigenvalue weighted by Gasteiger charge is 2.21. The van der Waals surface area contributed by atoms with E-state index in [9.17, 15) is 14.7 Å². The van der Waals surface area contributed by atoms with Gasteiger partial charge in [-0.25, -0.2) is 0 Å². The quantitative estimate of drug-likeness (QED) is 0.226. The molecule has 6 N–H and O–H groups in total. The Bertz CT molecular complexity index is 830. The smallest absolute Gasteiger partial charge is 0.253 e. The molecule has 0 aliphatic rings. The first-order valence-corrected chi connectivity index (χ1v) is 12.3. The maximum Gasteiger partial charge on any atom is 0.253 e. The molecule has 1 unspecified atom stereocenters. The molecular formula is C26H39N5O3. The van der Waals surface area contributed by atoms with Crippen LogP contribution >= 0.6 is 0 Å². The van der Waals surface area contributed by atoms with E-state index in [1.807, 2.05) is 0 Å². The Balaban J connectivity index is 1.72. The second-order valence-corrected chi connectivity index (χ2v) is 8.44. The number of aromatic hydroxyl groups is 1. The normalized spacial score (nSPS) is 11.7. The minimum atomic E-state index is -0.719. The number of phenols is 1. The molecule has 1 heterocycles. The molecule has 1 aromatic carbocycles. The molecular weight excluding hydrogens is 430 g/mol. The van der Waals surface area contributed by atoms with Crippen molar-refractivity contribution in [1.29, 1.82) is 0 Å². The number of hydrogen-bond acceptors (Lipinski definition) is 6. The highest BCUT2D eigenvalue weighted by molar-refractivity contribution is 5.97. The van der Waals surface area contributed by atoms with Crippen molar-refractivity contribution in [3.63, 3.8) is 0 Å². The number of nitrogens with two attached hydrogens (primary N) is 1. The molecule has 0 aliphatic heterocycles. The van der Waals surface area contributed by atoms with Crippen molar-refractivity contribution in [2.75, 3.05) is 26.2 Å². The van der Waals surface area contributed by atoms with Gasteiger partial charge in [0.25, 0.3) is 5.91 Å². The lowest BCUT2D eigenvalue weighted by molar-refractivity contribution is -0.122. The zero-order valence-corrected chi connectivity index (χ0v) is 20.0. The summed E-state index contributed by atoms with van der Waals surface area (Å²) in [6, 6.07) is 9.27. The largest absolute Gasteiger partial charge is 0.508 e. The molecule has 34 heavy (non-hydrogen) atoms. The minimum absolute atomic E-state index is 0.159. The summed E-state index contributed by atoms with van der Waals surface area (Å²) in [5.41, 5.74) is 6.73. The summed E-state index contributed by atoms with van der Waals surface area (Å²) >= 11 is 0. The van der Waals surface area contributed by atoms with Crippen LogP contribution in [0.4, 0.5) is 0 Å². The summed E-state index contributed by atoms with van der Waals surface area (Å²) in [6.45, 7) is 3.35. The predicted octanol–water partition coefficient (Wildman–Crippen LogP) is 2.52. The van der Waals surface area contributed by atoms with Gasteiger partial charge in [-0.3, -0.25) is 14.6 Å². The van der Waals surface area contributed by atoms with E-state index in [-0.39, 0.29) is 17.6 Å². The lowest BCUT2D eigenvalue weighted by Crippen LogP contribution is -2.48. The van der Waals surface area contributed by atoms with Gasteiger partial charge in [0.05, 0.1) is 5.56 Å². The molecule has 8 heteroatoms. The van der Waals surface area contributed by atoms with Crippen LogP contribution in [0.15, 0.2) is 48.8 Å². The van der Waals surface area contributed by atoms with E-state index in [1.165, 1.54) is 25.5 Å². The van der Waals surface area contributed by atoms with E-state index in [0.29, 0.717) is 18.5 Å². The van der Waals surface area contributed by atoms with E-state index in [1.54, 1.807) is 42.6 Å². The number of pyridine rings is 1. The first kappa shape index (κ1) is 27.3. The number of benzene rings is 1. The fraction of sp³-hybridized carbons (Fsp3) is 0.500. The van der Waals surface area contributed by atoms with Crippen LogP contribution in [0.5, 0.6) is 5.75 Å². The van der Waals surface area contributed by atoms with Crippen molar-refractivity contribution in [1.82, 2.24) is 20.9 Å². The molecule has 1 atom stereocenters. The van der Waals surface area contributed by atoms with Gasteiger partial charge >= 0.3 is 0 Å². The summed E-state index contributed by atoms with van der Waals surface area (Å²) in [5.74, 6) is -0.398.